The number of hydrogen-bond donors (Lipinski definition) is 1. The highest BCUT2D eigenvalue weighted by Crippen LogP contribution is 2.12. The molecule has 1 aromatic carbocycles. The first-order valence-electron chi connectivity index (χ1n) is 4.57. The summed E-state index contributed by atoms with van der Waals surface area (Å²) in [5, 5.41) is 3.35. The Morgan fingerprint density at radius 2 is 2.15 bits per heavy atom. The van der Waals surface area contributed by atoms with E-state index in [0.717, 1.165) is 5.69 Å². The van der Waals surface area contributed by atoms with Crippen molar-refractivity contribution in [2.24, 2.45) is 0 Å². The standard InChI is InChI=1S/C11H17NO/c1-9(2)12-11-6-4-5-10(7-11)8-13-3/h4-7,9,12H,8H2,1-3H3. The number of benzene rings is 1. The Morgan fingerprint density at radius 3 is 2.77 bits per heavy atom. The molecule has 0 unspecified atom stereocenters. The summed E-state index contributed by atoms with van der Waals surface area (Å²) in [7, 11) is 1.71. The van der Waals surface area contributed by atoms with Gasteiger partial charge < -0.3 is 10.1 Å². The molecule has 0 bridgehead atoms. The molecule has 0 atom stereocenters. The third kappa shape index (κ3) is 3.47. The zero-order valence-electron chi connectivity index (χ0n) is 8.50. The van der Waals surface area contributed by atoms with Crippen LogP contribution in [0.25, 0.3) is 0 Å². The van der Waals surface area contributed by atoms with Crippen molar-refractivity contribution < 1.29 is 4.74 Å². The van der Waals surface area contributed by atoms with Gasteiger partial charge in [-0.3, -0.25) is 0 Å². The molecule has 0 saturated carbocycles. The van der Waals surface area contributed by atoms with E-state index in [-0.39, 0.29) is 0 Å². The van der Waals surface area contributed by atoms with Gasteiger partial charge in [-0.15, -0.1) is 0 Å². The summed E-state index contributed by atoms with van der Waals surface area (Å²) in [6, 6.07) is 8.76. The minimum absolute atomic E-state index is 0.470. The van der Waals surface area contributed by atoms with Gasteiger partial charge in [0.15, 0.2) is 0 Å². The number of methoxy groups -OCH3 is 1. The van der Waals surface area contributed by atoms with Gasteiger partial charge in [-0.25, -0.2) is 0 Å². The molecular weight excluding hydrogens is 162 g/mol. The maximum absolute atomic E-state index is 5.06. The monoisotopic (exact) mass is 179 g/mol. The summed E-state index contributed by atoms with van der Waals surface area (Å²) in [4.78, 5) is 0. The smallest absolute Gasteiger partial charge is 0.0713 e. The predicted molar refractivity (Wildman–Crippen MR) is 55.9 cm³/mol. The van der Waals surface area contributed by atoms with Crippen molar-refractivity contribution in [2.75, 3.05) is 12.4 Å². The van der Waals surface area contributed by atoms with Crippen molar-refractivity contribution in [1.82, 2.24) is 0 Å². The summed E-state index contributed by atoms with van der Waals surface area (Å²) in [6.45, 7) is 4.93. The van der Waals surface area contributed by atoms with E-state index in [1.807, 2.05) is 6.07 Å². The fraction of sp³-hybridized carbons (Fsp3) is 0.455. The minimum Gasteiger partial charge on any atom is -0.383 e. The summed E-state index contributed by atoms with van der Waals surface area (Å²) in [5.74, 6) is 0. The molecule has 1 rings (SSSR count). The fourth-order valence-electron chi connectivity index (χ4n) is 1.25. The zero-order chi connectivity index (χ0) is 9.68. The molecule has 0 amide bonds. The van der Waals surface area contributed by atoms with Gasteiger partial charge in [0.25, 0.3) is 0 Å². The molecule has 2 heteroatoms. The highest BCUT2D eigenvalue weighted by Gasteiger charge is 1.96. The lowest BCUT2D eigenvalue weighted by Gasteiger charge is -2.10. The van der Waals surface area contributed by atoms with E-state index in [4.69, 9.17) is 4.74 Å². The van der Waals surface area contributed by atoms with E-state index in [2.05, 4.69) is 37.4 Å². The average molecular weight is 179 g/mol. The van der Waals surface area contributed by atoms with Crippen molar-refractivity contribution in [3.8, 4) is 0 Å². The minimum atomic E-state index is 0.470. The van der Waals surface area contributed by atoms with Gasteiger partial charge in [-0.2, -0.15) is 0 Å². The Hall–Kier alpha value is -1.02. The Morgan fingerprint density at radius 1 is 1.38 bits per heavy atom. The van der Waals surface area contributed by atoms with Crippen LogP contribution in [0.2, 0.25) is 0 Å². The van der Waals surface area contributed by atoms with E-state index in [9.17, 15) is 0 Å². The topological polar surface area (TPSA) is 21.3 Å². The fourth-order valence-corrected chi connectivity index (χ4v) is 1.25. The maximum Gasteiger partial charge on any atom is 0.0713 e. The van der Waals surface area contributed by atoms with E-state index in [1.54, 1.807) is 7.11 Å². The molecule has 1 N–H and O–H groups in total. The van der Waals surface area contributed by atoms with Crippen molar-refractivity contribution in [3.63, 3.8) is 0 Å². The summed E-state index contributed by atoms with van der Waals surface area (Å²) >= 11 is 0. The number of nitrogens with one attached hydrogen (secondary N) is 1. The highest BCUT2D eigenvalue weighted by atomic mass is 16.5. The second-order valence-corrected chi connectivity index (χ2v) is 3.43. The molecule has 0 aromatic heterocycles. The Labute approximate surface area is 79.9 Å². The van der Waals surface area contributed by atoms with Gasteiger partial charge >= 0.3 is 0 Å². The van der Waals surface area contributed by atoms with Crippen LogP contribution in [0.1, 0.15) is 19.4 Å². The SMILES string of the molecule is COCc1cccc(NC(C)C)c1. The van der Waals surface area contributed by atoms with Gasteiger partial charge in [0.2, 0.25) is 0 Å². The van der Waals surface area contributed by atoms with Gasteiger partial charge in [0.05, 0.1) is 6.61 Å². The van der Waals surface area contributed by atoms with Gasteiger partial charge in [-0.1, -0.05) is 12.1 Å². The molecule has 0 fully saturated rings. The van der Waals surface area contributed by atoms with Crippen LogP contribution >= 0.6 is 0 Å². The lowest BCUT2D eigenvalue weighted by Crippen LogP contribution is -2.09. The first-order valence-corrected chi connectivity index (χ1v) is 4.57. The Bertz CT molecular complexity index is 258. The Kier molecular flexibility index (Phi) is 3.77. The molecule has 0 aliphatic carbocycles. The second-order valence-electron chi connectivity index (χ2n) is 3.43. The second kappa shape index (κ2) is 4.87. The maximum atomic E-state index is 5.06. The normalized spacial score (nSPS) is 10.5. The first-order chi connectivity index (χ1) is 6.22. The van der Waals surface area contributed by atoms with Crippen LogP contribution < -0.4 is 5.32 Å². The van der Waals surface area contributed by atoms with E-state index in [0.29, 0.717) is 12.6 Å². The molecule has 0 aliphatic heterocycles. The average Bonchev–Trinajstić information content (AvgIpc) is 2.04. The van der Waals surface area contributed by atoms with Crippen molar-refractivity contribution in [3.05, 3.63) is 29.8 Å². The van der Waals surface area contributed by atoms with Crippen LogP contribution in [0.3, 0.4) is 0 Å². The van der Waals surface area contributed by atoms with E-state index in [1.165, 1.54) is 5.56 Å². The van der Waals surface area contributed by atoms with Crippen LogP contribution in [0.5, 0.6) is 0 Å². The summed E-state index contributed by atoms with van der Waals surface area (Å²) in [5.41, 5.74) is 2.36. The Balaban J connectivity index is 2.67. The third-order valence-corrected chi connectivity index (χ3v) is 1.69. The van der Waals surface area contributed by atoms with E-state index < -0.39 is 0 Å². The molecule has 0 radical (unpaired) electrons. The molecular formula is C11H17NO. The van der Waals surface area contributed by atoms with Gasteiger partial charge in [0, 0.05) is 18.8 Å². The van der Waals surface area contributed by atoms with Crippen LogP contribution in [-0.4, -0.2) is 13.2 Å². The lowest BCUT2D eigenvalue weighted by atomic mass is 10.2. The molecule has 13 heavy (non-hydrogen) atoms. The zero-order valence-corrected chi connectivity index (χ0v) is 8.50. The third-order valence-electron chi connectivity index (χ3n) is 1.69. The summed E-state index contributed by atoms with van der Waals surface area (Å²) in [6.07, 6.45) is 0. The summed E-state index contributed by atoms with van der Waals surface area (Å²) < 4.78 is 5.06. The molecule has 1 aromatic rings. The number of ether oxygens (including phenoxy) is 1. The van der Waals surface area contributed by atoms with Gasteiger partial charge in [0.1, 0.15) is 0 Å². The number of rotatable bonds is 4. The number of anilines is 1. The molecule has 0 heterocycles. The molecule has 0 spiro atoms. The van der Waals surface area contributed by atoms with Crippen molar-refractivity contribution in [2.45, 2.75) is 26.5 Å². The van der Waals surface area contributed by atoms with Gasteiger partial charge in [-0.05, 0) is 31.5 Å². The molecule has 72 valence electrons. The van der Waals surface area contributed by atoms with E-state index >= 15 is 0 Å². The molecule has 0 aliphatic rings. The largest absolute Gasteiger partial charge is 0.383 e. The van der Waals surface area contributed by atoms with Crippen LogP contribution in [0.4, 0.5) is 5.69 Å². The van der Waals surface area contributed by atoms with Crippen LogP contribution in [-0.2, 0) is 11.3 Å². The van der Waals surface area contributed by atoms with Crippen LogP contribution in [0.15, 0.2) is 24.3 Å². The van der Waals surface area contributed by atoms with Crippen molar-refractivity contribution in [1.29, 1.82) is 0 Å². The molecule has 2 nitrogen and oxygen atoms in total. The predicted octanol–water partition coefficient (Wildman–Crippen LogP) is 2.65. The number of hydrogen-bond acceptors (Lipinski definition) is 2. The van der Waals surface area contributed by atoms with Crippen LogP contribution in [0, 0.1) is 0 Å². The quantitative estimate of drug-likeness (QED) is 0.767. The highest BCUT2D eigenvalue weighted by molar-refractivity contribution is 5.46. The van der Waals surface area contributed by atoms with Crippen molar-refractivity contribution >= 4 is 5.69 Å². The lowest BCUT2D eigenvalue weighted by molar-refractivity contribution is 0.185. The molecule has 0 saturated heterocycles. The first kappa shape index (κ1) is 10.1.